The SMILES string of the molecule is COc1ccc2c(c1)C[C@@H]1NCCC[C@H]1C2. The zero-order chi connectivity index (χ0) is 11.0. The average molecular weight is 217 g/mol. The molecular formula is C14H19NO. The van der Waals surface area contributed by atoms with Gasteiger partial charge in [0.05, 0.1) is 7.11 Å². The summed E-state index contributed by atoms with van der Waals surface area (Å²) in [5, 5.41) is 3.66. The van der Waals surface area contributed by atoms with Gasteiger partial charge < -0.3 is 10.1 Å². The van der Waals surface area contributed by atoms with Crippen molar-refractivity contribution in [2.75, 3.05) is 13.7 Å². The van der Waals surface area contributed by atoms with Gasteiger partial charge in [0.1, 0.15) is 5.75 Å². The van der Waals surface area contributed by atoms with Crippen LogP contribution in [0, 0.1) is 5.92 Å². The molecule has 1 N–H and O–H groups in total. The van der Waals surface area contributed by atoms with Crippen molar-refractivity contribution in [3.05, 3.63) is 29.3 Å². The number of methoxy groups -OCH3 is 1. The first-order chi connectivity index (χ1) is 7.86. The van der Waals surface area contributed by atoms with E-state index >= 15 is 0 Å². The maximum absolute atomic E-state index is 5.30. The highest BCUT2D eigenvalue weighted by Gasteiger charge is 2.30. The monoisotopic (exact) mass is 217 g/mol. The van der Waals surface area contributed by atoms with Crippen molar-refractivity contribution in [2.45, 2.75) is 31.7 Å². The lowest BCUT2D eigenvalue weighted by Crippen LogP contribution is -2.45. The van der Waals surface area contributed by atoms with Crippen LogP contribution in [-0.2, 0) is 12.8 Å². The van der Waals surface area contributed by atoms with Crippen LogP contribution in [-0.4, -0.2) is 19.7 Å². The Balaban J connectivity index is 1.89. The third kappa shape index (κ3) is 1.71. The maximum atomic E-state index is 5.30. The minimum Gasteiger partial charge on any atom is -0.497 e. The zero-order valence-electron chi connectivity index (χ0n) is 9.83. The van der Waals surface area contributed by atoms with Crippen molar-refractivity contribution < 1.29 is 4.74 Å². The molecule has 2 aliphatic rings. The molecule has 1 fully saturated rings. The molecule has 1 aliphatic heterocycles. The van der Waals surface area contributed by atoms with Gasteiger partial charge in [-0.1, -0.05) is 6.07 Å². The van der Waals surface area contributed by atoms with E-state index in [9.17, 15) is 0 Å². The molecule has 0 amide bonds. The number of rotatable bonds is 1. The Kier molecular flexibility index (Phi) is 2.60. The fraction of sp³-hybridized carbons (Fsp3) is 0.571. The number of fused-ring (bicyclic) bond motifs is 2. The molecule has 2 nitrogen and oxygen atoms in total. The van der Waals surface area contributed by atoms with Crippen LogP contribution in [0.1, 0.15) is 24.0 Å². The van der Waals surface area contributed by atoms with Gasteiger partial charge in [-0.25, -0.2) is 0 Å². The van der Waals surface area contributed by atoms with E-state index in [4.69, 9.17) is 4.74 Å². The van der Waals surface area contributed by atoms with Crippen LogP contribution in [0.4, 0.5) is 0 Å². The molecule has 1 aliphatic carbocycles. The van der Waals surface area contributed by atoms with Crippen LogP contribution >= 0.6 is 0 Å². The van der Waals surface area contributed by atoms with Crippen molar-refractivity contribution in [3.63, 3.8) is 0 Å². The summed E-state index contributed by atoms with van der Waals surface area (Å²) in [5.41, 5.74) is 3.01. The number of nitrogens with one attached hydrogen (secondary N) is 1. The topological polar surface area (TPSA) is 21.3 Å². The lowest BCUT2D eigenvalue weighted by atomic mass is 9.76. The van der Waals surface area contributed by atoms with Crippen LogP contribution in [0.3, 0.4) is 0 Å². The van der Waals surface area contributed by atoms with Crippen LogP contribution in [0.2, 0.25) is 0 Å². The van der Waals surface area contributed by atoms with Crippen molar-refractivity contribution in [2.24, 2.45) is 5.92 Å². The van der Waals surface area contributed by atoms with Crippen LogP contribution in [0.15, 0.2) is 18.2 Å². The molecule has 3 rings (SSSR count). The summed E-state index contributed by atoms with van der Waals surface area (Å²) in [6.45, 7) is 1.19. The van der Waals surface area contributed by atoms with E-state index in [1.54, 1.807) is 7.11 Å². The van der Waals surface area contributed by atoms with Crippen LogP contribution in [0.25, 0.3) is 0 Å². The largest absolute Gasteiger partial charge is 0.497 e. The zero-order valence-corrected chi connectivity index (χ0v) is 9.83. The molecule has 0 spiro atoms. The Morgan fingerprint density at radius 1 is 1.25 bits per heavy atom. The van der Waals surface area contributed by atoms with Gasteiger partial charge in [0.15, 0.2) is 0 Å². The Morgan fingerprint density at radius 2 is 2.19 bits per heavy atom. The summed E-state index contributed by atoms with van der Waals surface area (Å²) in [7, 11) is 1.74. The molecular weight excluding hydrogens is 198 g/mol. The summed E-state index contributed by atoms with van der Waals surface area (Å²) < 4.78 is 5.30. The minimum absolute atomic E-state index is 0.702. The van der Waals surface area contributed by atoms with E-state index in [2.05, 4.69) is 23.5 Å². The van der Waals surface area contributed by atoms with E-state index in [0.717, 1.165) is 11.7 Å². The molecule has 2 heteroatoms. The molecule has 1 heterocycles. The predicted octanol–water partition coefficient (Wildman–Crippen LogP) is 2.16. The number of hydrogen-bond donors (Lipinski definition) is 1. The third-order valence-corrected chi connectivity index (χ3v) is 4.06. The minimum atomic E-state index is 0.702. The highest BCUT2D eigenvalue weighted by Crippen LogP contribution is 2.32. The van der Waals surface area contributed by atoms with E-state index in [1.165, 1.54) is 43.4 Å². The first kappa shape index (κ1) is 10.2. The van der Waals surface area contributed by atoms with Gasteiger partial charge in [0.2, 0.25) is 0 Å². The first-order valence-corrected chi connectivity index (χ1v) is 6.26. The third-order valence-electron chi connectivity index (χ3n) is 4.06. The molecule has 0 aromatic heterocycles. The smallest absolute Gasteiger partial charge is 0.119 e. The highest BCUT2D eigenvalue weighted by molar-refractivity contribution is 5.38. The molecule has 1 aromatic rings. The Labute approximate surface area is 97.0 Å². The molecule has 1 saturated heterocycles. The van der Waals surface area contributed by atoms with Gasteiger partial charge in [0.25, 0.3) is 0 Å². The highest BCUT2D eigenvalue weighted by atomic mass is 16.5. The molecule has 0 bridgehead atoms. The maximum Gasteiger partial charge on any atom is 0.119 e. The predicted molar refractivity (Wildman–Crippen MR) is 64.9 cm³/mol. The molecule has 0 radical (unpaired) electrons. The Hall–Kier alpha value is -1.02. The summed E-state index contributed by atoms with van der Waals surface area (Å²) in [6, 6.07) is 7.25. The summed E-state index contributed by atoms with van der Waals surface area (Å²) in [6.07, 6.45) is 5.16. The van der Waals surface area contributed by atoms with Gasteiger partial charge in [0, 0.05) is 6.04 Å². The van der Waals surface area contributed by atoms with Gasteiger partial charge in [-0.05, 0) is 61.4 Å². The number of benzene rings is 1. The first-order valence-electron chi connectivity index (χ1n) is 6.26. The van der Waals surface area contributed by atoms with Crippen molar-refractivity contribution in [1.82, 2.24) is 5.32 Å². The molecule has 0 saturated carbocycles. The van der Waals surface area contributed by atoms with Crippen LogP contribution in [0.5, 0.6) is 5.75 Å². The molecule has 86 valence electrons. The summed E-state index contributed by atoms with van der Waals surface area (Å²) >= 11 is 0. The quantitative estimate of drug-likeness (QED) is 0.778. The molecule has 16 heavy (non-hydrogen) atoms. The Bertz CT molecular complexity index is 388. The van der Waals surface area contributed by atoms with E-state index in [1.807, 2.05) is 0 Å². The van der Waals surface area contributed by atoms with E-state index < -0.39 is 0 Å². The number of ether oxygens (including phenoxy) is 1. The summed E-state index contributed by atoms with van der Waals surface area (Å²) in [5.74, 6) is 1.85. The van der Waals surface area contributed by atoms with Gasteiger partial charge in [-0.2, -0.15) is 0 Å². The summed E-state index contributed by atoms with van der Waals surface area (Å²) in [4.78, 5) is 0. The lowest BCUT2D eigenvalue weighted by Gasteiger charge is -2.37. The fourth-order valence-electron chi connectivity index (χ4n) is 3.14. The second-order valence-corrected chi connectivity index (χ2v) is 5.01. The Morgan fingerprint density at radius 3 is 3.06 bits per heavy atom. The number of piperidine rings is 1. The van der Waals surface area contributed by atoms with Gasteiger partial charge >= 0.3 is 0 Å². The van der Waals surface area contributed by atoms with Crippen molar-refractivity contribution >= 4 is 0 Å². The van der Waals surface area contributed by atoms with Crippen molar-refractivity contribution in [3.8, 4) is 5.75 Å². The normalized spacial score (nSPS) is 28.1. The van der Waals surface area contributed by atoms with Gasteiger partial charge in [-0.15, -0.1) is 0 Å². The van der Waals surface area contributed by atoms with E-state index in [0.29, 0.717) is 6.04 Å². The number of hydrogen-bond acceptors (Lipinski definition) is 2. The molecule has 2 atom stereocenters. The second-order valence-electron chi connectivity index (χ2n) is 5.01. The molecule has 0 unspecified atom stereocenters. The van der Waals surface area contributed by atoms with Gasteiger partial charge in [-0.3, -0.25) is 0 Å². The van der Waals surface area contributed by atoms with Crippen LogP contribution < -0.4 is 10.1 Å². The second kappa shape index (κ2) is 4.10. The lowest BCUT2D eigenvalue weighted by molar-refractivity contribution is 0.263. The molecule has 1 aromatic carbocycles. The van der Waals surface area contributed by atoms with Crippen molar-refractivity contribution in [1.29, 1.82) is 0 Å². The van der Waals surface area contributed by atoms with E-state index in [-0.39, 0.29) is 0 Å². The average Bonchev–Trinajstić information content (AvgIpc) is 2.35. The fourth-order valence-corrected chi connectivity index (χ4v) is 3.14. The standard InChI is InChI=1S/C14H19NO/c1-16-13-5-4-10-7-11-3-2-6-15-14(11)9-12(10)8-13/h4-5,8,11,14-15H,2-3,6-7,9H2,1H3/t11-,14-/m0/s1.